The molecule has 2 rings (SSSR count). The molecule has 0 N–H and O–H groups in total. The number of halogens is 4. The summed E-state index contributed by atoms with van der Waals surface area (Å²) in [4.78, 5) is 7.07. The second-order valence-corrected chi connectivity index (χ2v) is 3.69. The van der Waals surface area contributed by atoms with Crippen molar-refractivity contribution >= 4 is 23.2 Å². The molecule has 0 radical (unpaired) electrons. The Morgan fingerprint density at radius 3 is 2.50 bits per heavy atom. The average Bonchev–Trinajstić information content (AvgIpc) is 2.24. The summed E-state index contributed by atoms with van der Waals surface area (Å²) in [6.07, 6.45) is 1.05. The van der Waals surface area contributed by atoms with Crippen LogP contribution in [0.2, 0.25) is 10.2 Å². The highest BCUT2D eigenvalue weighted by Crippen LogP contribution is 2.31. The molecule has 0 bridgehead atoms. The molecule has 0 aliphatic heterocycles. The van der Waals surface area contributed by atoms with E-state index in [0.717, 1.165) is 12.4 Å². The molecule has 1 aromatic carbocycles. The standard InChI is InChI=1S/C10H4Cl2F2N2/c11-5-2-1-3-6(13)7(5)9-8(14)10(12)16-4-15-9/h1-4H. The highest BCUT2D eigenvalue weighted by atomic mass is 35.5. The molecule has 1 aromatic heterocycles. The molecule has 2 aromatic rings. The van der Waals surface area contributed by atoms with Crippen molar-refractivity contribution in [2.45, 2.75) is 0 Å². The minimum atomic E-state index is -0.892. The lowest BCUT2D eigenvalue weighted by molar-refractivity contribution is 0.607. The molecule has 1 heterocycles. The highest BCUT2D eigenvalue weighted by Gasteiger charge is 2.17. The van der Waals surface area contributed by atoms with Gasteiger partial charge < -0.3 is 0 Å². The van der Waals surface area contributed by atoms with Crippen LogP contribution in [-0.4, -0.2) is 9.97 Å². The molecule has 0 unspecified atom stereocenters. The molecule has 0 atom stereocenters. The monoisotopic (exact) mass is 260 g/mol. The summed E-state index contributed by atoms with van der Waals surface area (Å²) in [5, 5.41) is -0.307. The summed E-state index contributed by atoms with van der Waals surface area (Å²) >= 11 is 11.3. The van der Waals surface area contributed by atoms with E-state index >= 15 is 0 Å². The van der Waals surface area contributed by atoms with Gasteiger partial charge in [0.2, 0.25) is 0 Å². The molecule has 0 amide bonds. The summed E-state index contributed by atoms with van der Waals surface area (Å²) in [7, 11) is 0. The van der Waals surface area contributed by atoms with E-state index in [1.165, 1.54) is 12.1 Å². The van der Waals surface area contributed by atoms with Gasteiger partial charge in [0.25, 0.3) is 0 Å². The van der Waals surface area contributed by atoms with Crippen LogP contribution in [0.1, 0.15) is 0 Å². The number of nitrogens with zero attached hydrogens (tertiary/aromatic N) is 2. The molecule has 0 spiro atoms. The van der Waals surface area contributed by atoms with Gasteiger partial charge in [-0.3, -0.25) is 0 Å². The fraction of sp³-hybridized carbons (Fsp3) is 0. The van der Waals surface area contributed by atoms with Gasteiger partial charge in [0.15, 0.2) is 11.0 Å². The summed E-state index contributed by atoms with van der Waals surface area (Å²) < 4.78 is 27.1. The number of rotatable bonds is 1. The zero-order valence-electron chi connectivity index (χ0n) is 7.72. The Kier molecular flexibility index (Phi) is 3.03. The van der Waals surface area contributed by atoms with Crippen LogP contribution in [0.15, 0.2) is 24.5 Å². The minimum Gasteiger partial charge on any atom is -0.233 e. The van der Waals surface area contributed by atoms with E-state index < -0.39 is 11.6 Å². The van der Waals surface area contributed by atoms with Crippen molar-refractivity contribution in [3.05, 3.63) is 46.3 Å². The lowest BCUT2D eigenvalue weighted by atomic mass is 10.1. The lowest BCUT2D eigenvalue weighted by Gasteiger charge is -2.06. The van der Waals surface area contributed by atoms with Crippen LogP contribution in [0, 0.1) is 11.6 Å². The molecule has 0 saturated carbocycles. The van der Waals surface area contributed by atoms with E-state index in [2.05, 4.69) is 9.97 Å². The van der Waals surface area contributed by atoms with Crippen molar-refractivity contribution < 1.29 is 8.78 Å². The third-order valence-corrected chi connectivity index (χ3v) is 2.52. The molecule has 6 heteroatoms. The number of aromatic nitrogens is 2. The van der Waals surface area contributed by atoms with Crippen LogP contribution in [-0.2, 0) is 0 Å². The van der Waals surface area contributed by atoms with Crippen LogP contribution in [0.3, 0.4) is 0 Å². The Bertz CT molecular complexity index is 526. The van der Waals surface area contributed by atoms with Crippen LogP contribution in [0.4, 0.5) is 8.78 Å². The predicted octanol–water partition coefficient (Wildman–Crippen LogP) is 3.73. The first-order valence-corrected chi connectivity index (χ1v) is 4.97. The first-order chi connectivity index (χ1) is 7.61. The maximum Gasteiger partial charge on any atom is 0.186 e. The third kappa shape index (κ3) is 1.86. The Hall–Kier alpha value is -1.26. The summed E-state index contributed by atoms with van der Waals surface area (Å²) in [6.45, 7) is 0. The summed E-state index contributed by atoms with van der Waals surface area (Å²) in [5.41, 5.74) is -0.367. The van der Waals surface area contributed by atoms with E-state index in [9.17, 15) is 8.78 Å². The van der Waals surface area contributed by atoms with E-state index in [1.807, 2.05) is 0 Å². The van der Waals surface area contributed by atoms with E-state index in [1.54, 1.807) is 0 Å². The number of benzene rings is 1. The van der Waals surface area contributed by atoms with Crippen molar-refractivity contribution in [3.63, 3.8) is 0 Å². The van der Waals surface area contributed by atoms with Crippen molar-refractivity contribution in [2.24, 2.45) is 0 Å². The molecule has 0 fully saturated rings. The summed E-state index contributed by atoms with van der Waals surface area (Å²) in [6, 6.07) is 4.02. The number of hydrogen-bond donors (Lipinski definition) is 0. The van der Waals surface area contributed by atoms with E-state index in [-0.39, 0.29) is 21.4 Å². The zero-order chi connectivity index (χ0) is 11.7. The Morgan fingerprint density at radius 1 is 1.06 bits per heavy atom. The van der Waals surface area contributed by atoms with Gasteiger partial charge in [-0.2, -0.15) is 0 Å². The molecule has 0 aliphatic rings. The van der Waals surface area contributed by atoms with Gasteiger partial charge in [0.1, 0.15) is 17.8 Å². The second kappa shape index (κ2) is 4.31. The molecule has 16 heavy (non-hydrogen) atoms. The van der Waals surface area contributed by atoms with E-state index in [0.29, 0.717) is 0 Å². The third-order valence-electron chi connectivity index (χ3n) is 1.95. The SMILES string of the molecule is Fc1cccc(Cl)c1-c1ncnc(Cl)c1F. The fourth-order valence-corrected chi connectivity index (χ4v) is 1.63. The van der Waals surface area contributed by atoms with Crippen LogP contribution in [0.25, 0.3) is 11.3 Å². The lowest BCUT2D eigenvalue weighted by Crippen LogP contribution is -1.95. The maximum atomic E-state index is 13.6. The minimum absolute atomic E-state index is 0.0636. The van der Waals surface area contributed by atoms with Crippen molar-refractivity contribution in [1.82, 2.24) is 9.97 Å². The van der Waals surface area contributed by atoms with Gasteiger partial charge in [0.05, 0.1) is 10.6 Å². The topological polar surface area (TPSA) is 25.8 Å². The fourth-order valence-electron chi connectivity index (χ4n) is 1.25. The largest absolute Gasteiger partial charge is 0.233 e. The molecule has 2 nitrogen and oxygen atoms in total. The Balaban J connectivity index is 2.73. The van der Waals surface area contributed by atoms with Crippen molar-refractivity contribution in [3.8, 4) is 11.3 Å². The quantitative estimate of drug-likeness (QED) is 0.731. The maximum absolute atomic E-state index is 13.6. The first kappa shape index (κ1) is 11.2. The zero-order valence-corrected chi connectivity index (χ0v) is 9.23. The normalized spacial score (nSPS) is 10.5. The molecular weight excluding hydrogens is 257 g/mol. The van der Waals surface area contributed by atoms with Crippen molar-refractivity contribution in [2.75, 3.05) is 0 Å². The van der Waals surface area contributed by atoms with Gasteiger partial charge >= 0.3 is 0 Å². The van der Waals surface area contributed by atoms with Gasteiger partial charge in [-0.25, -0.2) is 18.7 Å². The van der Waals surface area contributed by atoms with Crippen LogP contribution in [0.5, 0.6) is 0 Å². The molecule has 0 aliphatic carbocycles. The Morgan fingerprint density at radius 2 is 1.81 bits per heavy atom. The molecular formula is C10H4Cl2F2N2. The van der Waals surface area contributed by atoms with Crippen molar-refractivity contribution in [1.29, 1.82) is 0 Å². The Labute approximate surface area is 99.9 Å². The first-order valence-electron chi connectivity index (χ1n) is 4.21. The smallest absolute Gasteiger partial charge is 0.186 e. The predicted molar refractivity (Wildman–Crippen MR) is 57.4 cm³/mol. The highest BCUT2D eigenvalue weighted by molar-refractivity contribution is 6.33. The van der Waals surface area contributed by atoms with Crippen LogP contribution >= 0.6 is 23.2 Å². The van der Waals surface area contributed by atoms with Gasteiger partial charge in [-0.15, -0.1) is 0 Å². The summed E-state index contributed by atoms with van der Waals surface area (Å²) in [5.74, 6) is -1.56. The second-order valence-electron chi connectivity index (χ2n) is 2.92. The van der Waals surface area contributed by atoms with Crippen LogP contribution < -0.4 is 0 Å². The van der Waals surface area contributed by atoms with Gasteiger partial charge in [-0.05, 0) is 12.1 Å². The van der Waals surface area contributed by atoms with E-state index in [4.69, 9.17) is 23.2 Å². The van der Waals surface area contributed by atoms with Gasteiger partial charge in [-0.1, -0.05) is 29.3 Å². The van der Waals surface area contributed by atoms with Gasteiger partial charge in [0, 0.05) is 0 Å². The number of hydrogen-bond acceptors (Lipinski definition) is 2. The molecule has 82 valence electrons. The average molecular weight is 261 g/mol. The molecule has 0 saturated heterocycles.